The van der Waals surface area contributed by atoms with Gasteiger partial charge in [-0.2, -0.15) is 0 Å². The van der Waals surface area contributed by atoms with Crippen molar-refractivity contribution in [1.82, 2.24) is 15.0 Å². The summed E-state index contributed by atoms with van der Waals surface area (Å²) >= 11 is 0. The van der Waals surface area contributed by atoms with Gasteiger partial charge >= 0.3 is 5.69 Å². The molecule has 2 heterocycles. The lowest BCUT2D eigenvalue weighted by molar-refractivity contribution is 1.22. The van der Waals surface area contributed by atoms with Gasteiger partial charge in [-0.25, -0.2) is 4.79 Å². The van der Waals surface area contributed by atoms with Crippen molar-refractivity contribution in [3.05, 3.63) is 41.1 Å². The van der Waals surface area contributed by atoms with Gasteiger partial charge in [-0.1, -0.05) is 0 Å². The van der Waals surface area contributed by atoms with E-state index in [4.69, 9.17) is 0 Å². The number of imidazole rings is 1. The van der Waals surface area contributed by atoms with Crippen molar-refractivity contribution in [2.75, 3.05) is 0 Å². The molecule has 3 aromatic rings. The van der Waals surface area contributed by atoms with E-state index >= 15 is 0 Å². The number of pyridine rings is 1. The van der Waals surface area contributed by atoms with Gasteiger partial charge in [-0.15, -0.1) is 0 Å². The van der Waals surface area contributed by atoms with E-state index in [-0.39, 0.29) is 5.69 Å². The molecule has 4 heteroatoms. The predicted molar refractivity (Wildman–Crippen MR) is 54.2 cm³/mol. The number of hydrogen-bond acceptors (Lipinski definition) is 2. The second-order valence-corrected chi connectivity index (χ2v) is 3.20. The third-order valence-electron chi connectivity index (χ3n) is 2.27. The standard InChI is InChI=1S/C10H7N3O/c14-10-12-8-3-6-1-2-11-5-7(6)4-9(8)13-10/h1-5H,(H2,12,13,14). The summed E-state index contributed by atoms with van der Waals surface area (Å²) in [7, 11) is 0. The third kappa shape index (κ3) is 0.939. The largest absolute Gasteiger partial charge is 0.323 e. The summed E-state index contributed by atoms with van der Waals surface area (Å²) in [6.07, 6.45) is 3.51. The monoisotopic (exact) mass is 185 g/mol. The Hall–Kier alpha value is -2.10. The van der Waals surface area contributed by atoms with Crippen LogP contribution in [0.1, 0.15) is 0 Å². The predicted octanol–water partition coefficient (Wildman–Crippen LogP) is 1.40. The Morgan fingerprint density at radius 1 is 1.07 bits per heavy atom. The molecule has 3 rings (SSSR count). The molecule has 0 aliphatic rings. The van der Waals surface area contributed by atoms with Gasteiger partial charge < -0.3 is 9.97 Å². The van der Waals surface area contributed by atoms with Crippen LogP contribution in [0.4, 0.5) is 0 Å². The van der Waals surface area contributed by atoms with E-state index in [1.807, 2.05) is 18.2 Å². The van der Waals surface area contributed by atoms with Crippen molar-refractivity contribution in [2.24, 2.45) is 0 Å². The molecule has 0 unspecified atom stereocenters. The molecule has 0 saturated heterocycles. The highest BCUT2D eigenvalue weighted by Crippen LogP contribution is 2.17. The van der Waals surface area contributed by atoms with Crippen LogP contribution in [0.2, 0.25) is 0 Å². The number of H-pyrrole nitrogens is 2. The first kappa shape index (κ1) is 7.32. The molecule has 14 heavy (non-hydrogen) atoms. The molecule has 68 valence electrons. The summed E-state index contributed by atoms with van der Waals surface area (Å²) in [5.41, 5.74) is 1.47. The molecule has 0 aliphatic carbocycles. The minimum Gasteiger partial charge on any atom is -0.306 e. The number of rotatable bonds is 0. The van der Waals surface area contributed by atoms with Crippen LogP contribution >= 0.6 is 0 Å². The van der Waals surface area contributed by atoms with E-state index in [0.29, 0.717) is 0 Å². The topological polar surface area (TPSA) is 61.5 Å². The van der Waals surface area contributed by atoms with Crippen LogP contribution in [0.25, 0.3) is 21.8 Å². The van der Waals surface area contributed by atoms with Crippen LogP contribution in [-0.4, -0.2) is 15.0 Å². The zero-order valence-electron chi connectivity index (χ0n) is 7.24. The summed E-state index contributed by atoms with van der Waals surface area (Å²) in [6.45, 7) is 0. The van der Waals surface area contributed by atoms with Crippen molar-refractivity contribution < 1.29 is 0 Å². The minimum atomic E-state index is -0.178. The van der Waals surface area contributed by atoms with Crippen molar-refractivity contribution in [1.29, 1.82) is 0 Å². The van der Waals surface area contributed by atoms with Crippen molar-refractivity contribution >= 4 is 21.8 Å². The Balaban J connectivity index is 2.57. The molecule has 2 N–H and O–H groups in total. The lowest BCUT2D eigenvalue weighted by Crippen LogP contribution is -1.99. The first-order valence-corrected chi connectivity index (χ1v) is 4.29. The van der Waals surface area contributed by atoms with Crippen LogP contribution in [0.15, 0.2) is 35.4 Å². The molecule has 0 saturated carbocycles. The normalized spacial score (nSPS) is 11.1. The number of aromatic amines is 2. The maximum atomic E-state index is 11.0. The summed E-state index contributed by atoms with van der Waals surface area (Å²) in [5.74, 6) is 0. The first-order chi connectivity index (χ1) is 6.83. The fourth-order valence-electron chi connectivity index (χ4n) is 1.62. The highest BCUT2D eigenvalue weighted by Gasteiger charge is 1.99. The van der Waals surface area contributed by atoms with Gasteiger partial charge in [0.2, 0.25) is 0 Å². The highest BCUT2D eigenvalue weighted by molar-refractivity contribution is 5.94. The Labute approximate surface area is 78.6 Å². The zero-order chi connectivity index (χ0) is 9.54. The van der Waals surface area contributed by atoms with E-state index in [0.717, 1.165) is 21.8 Å². The van der Waals surface area contributed by atoms with Crippen LogP contribution in [0.3, 0.4) is 0 Å². The Kier molecular flexibility index (Phi) is 1.28. The summed E-state index contributed by atoms with van der Waals surface area (Å²) in [4.78, 5) is 20.5. The van der Waals surface area contributed by atoms with Gasteiger partial charge in [-0.05, 0) is 23.6 Å². The summed E-state index contributed by atoms with van der Waals surface area (Å²) < 4.78 is 0. The lowest BCUT2D eigenvalue weighted by Gasteiger charge is -1.95. The first-order valence-electron chi connectivity index (χ1n) is 4.29. The molecule has 0 atom stereocenters. The van der Waals surface area contributed by atoms with Crippen molar-refractivity contribution in [3.63, 3.8) is 0 Å². The maximum Gasteiger partial charge on any atom is 0.323 e. The van der Waals surface area contributed by atoms with E-state index in [9.17, 15) is 4.79 Å². The van der Waals surface area contributed by atoms with Crippen LogP contribution < -0.4 is 5.69 Å². The lowest BCUT2D eigenvalue weighted by atomic mass is 10.1. The van der Waals surface area contributed by atoms with Crippen LogP contribution in [0, 0.1) is 0 Å². The molecule has 0 bridgehead atoms. The van der Waals surface area contributed by atoms with Gasteiger partial charge in [-0.3, -0.25) is 4.98 Å². The SMILES string of the molecule is O=c1[nH]c2cc3ccncc3cc2[nH]1. The molecule has 0 fully saturated rings. The Bertz CT molecular complexity index is 610. The van der Waals surface area contributed by atoms with Gasteiger partial charge in [0.1, 0.15) is 0 Å². The second kappa shape index (κ2) is 2.45. The van der Waals surface area contributed by atoms with E-state index in [2.05, 4.69) is 15.0 Å². The summed E-state index contributed by atoms with van der Waals surface area (Å²) in [6, 6.07) is 5.76. The number of fused-ring (bicyclic) bond motifs is 2. The molecule has 0 radical (unpaired) electrons. The molecule has 2 aromatic heterocycles. The highest BCUT2D eigenvalue weighted by atomic mass is 16.1. The smallest absolute Gasteiger partial charge is 0.306 e. The van der Waals surface area contributed by atoms with Gasteiger partial charge in [0.25, 0.3) is 0 Å². The number of hydrogen-bond donors (Lipinski definition) is 2. The fraction of sp³-hybridized carbons (Fsp3) is 0. The van der Waals surface area contributed by atoms with E-state index < -0.39 is 0 Å². The van der Waals surface area contributed by atoms with E-state index in [1.165, 1.54) is 0 Å². The second-order valence-electron chi connectivity index (χ2n) is 3.20. The number of nitrogens with zero attached hydrogens (tertiary/aromatic N) is 1. The molecule has 0 spiro atoms. The minimum absolute atomic E-state index is 0.178. The molecule has 0 amide bonds. The molecular formula is C10H7N3O. The summed E-state index contributed by atoms with van der Waals surface area (Å²) in [5, 5.41) is 2.10. The zero-order valence-corrected chi connectivity index (χ0v) is 7.24. The molecule has 4 nitrogen and oxygen atoms in total. The van der Waals surface area contributed by atoms with Gasteiger partial charge in [0.05, 0.1) is 11.0 Å². The number of benzene rings is 1. The molecule has 1 aromatic carbocycles. The molecular weight excluding hydrogens is 178 g/mol. The van der Waals surface area contributed by atoms with Gasteiger partial charge in [0.15, 0.2) is 0 Å². The van der Waals surface area contributed by atoms with Crippen molar-refractivity contribution in [3.8, 4) is 0 Å². The van der Waals surface area contributed by atoms with Crippen LogP contribution in [0.5, 0.6) is 0 Å². The number of nitrogens with one attached hydrogen (secondary N) is 2. The van der Waals surface area contributed by atoms with Gasteiger partial charge in [0, 0.05) is 17.8 Å². The fourth-order valence-corrected chi connectivity index (χ4v) is 1.62. The Morgan fingerprint density at radius 2 is 1.79 bits per heavy atom. The molecule has 0 aliphatic heterocycles. The average molecular weight is 185 g/mol. The average Bonchev–Trinajstić information content (AvgIpc) is 2.53. The quantitative estimate of drug-likeness (QED) is 0.556. The number of aromatic nitrogens is 3. The Morgan fingerprint density at radius 3 is 2.57 bits per heavy atom. The van der Waals surface area contributed by atoms with Crippen molar-refractivity contribution in [2.45, 2.75) is 0 Å². The third-order valence-corrected chi connectivity index (χ3v) is 2.27. The maximum absolute atomic E-state index is 11.0. The van der Waals surface area contributed by atoms with E-state index in [1.54, 1.807) is 12.4 Å². The van der Waals surface area contributed by atoms with Crippen LogP contribution in [-0.2, 0) is 0 Å².